The van der Waals surface area contributed by atoms with Crippen molar-refractivity contribution in [1.29, 1.82) is 0 Å². The molecule has 0 spiro atoms. The number of aryl methyl sites for hydroxylation is 1. The second-order valence-corrected chi connectivity index (χ2v) is 4.54. The van der Waals surface area contributed by atoms with Crippen LogP contribution in [0, 0.1) is 0 Å². The molecule has 0 saturated heterocycles. The van der Waals surface area contributed by atoms with E-state index in [1.807, 2.05) is 0 Å². The van der Waals surface area contributed by atoms with Gasteiger partial charge in [0.2, 0.25) is 0 Å². The van der Waals surface area contributed by atoms with E-state index in [4.69, 9.17) is 0 Å². The Balaban J connectivity index is 2.19. The minimum absolute atomic E-state index is 0.965. The summed E-state index contributed by atoms with van der Waals surface area (Å²) in [6.07, 6.45) is 4.71. The standard InChI is InChI=1S/C15H22N2/c1-3-5-9-17-10-8-14-11-13(12-16-4-2)6-7-15(14)17/h6-8,10-11,16H,3-5,9,12H2,1-2H3. The molecular formula is C15H22N2. The summed E-state index contributed by atoms with van der Waals surface area (Å²) in [4.78, 5) is 0. The lowest BCUT2D eigenvalue weighted by Crippen LogP contribution is -2.11. The third-order valence-electron chi connectivity index (χ3n) is 3.17. The molecule has 2 heteroatoms. The van der Waals surface area contributed by atoms with Gasteiger partial charge in [-0.05, 0) is 42.1 Å². The van der Waals surface area contributed by atoms with E-state index < -0.39 is 0 Å². The number of benzene rings is 1. The second-order valence-electron chi connectivity index (χ2n) is 4.54. The number of aromatic nitrogens is 1. The van der Waals surface area contributed by atoms with Crippen molar-refractivity contribution in [3.05, 3.63) is 36.0 Å². The number of unbranched alkanes of at least 4 members (excludes halogenated alkanes) is 1. The smallest absolute Gasteiger partial charge is 0.0480 e. The summed E-state index contributed by atoms with van der Waals surface area (Å²) in [6.45, 7) is 7.49. The van der Waals surface area contributed by atoms with Crippen LogP contribution in [-0.4, -0.2) is 11.1 Å². The molecule has 0 atom stereocenters. The summed E-state index contributed by atoms with van der Waals surface area (Å²) in [5, 5.41) is 4.72. The molecule has 2 rings (SSSR count). The van der Waals surface area contributed by atoms with Gasteiger partial charge in [0.25, 0.3) is 0 Å². The van der Waals surface area contributed by atoms with E-state index in [0.29, 0.717) is 0 Å². The highest BCUT2D eigenvalue weighted by Gasteiger charge is 2.01. The van der Waals surface area contributed by atoms with Crippen LogP contribution in [0.5, 0.6) is 0 Å². The van der Waals surface area contributed by atoms with Gasteiger partial charge >= 0.3 is 0 Å². The molecule has 0 bridgehead atoms. The monoisotopic (exact) mass is 230 g/mol. The molecule has 17 heavy (non-hydrogen) atoms. The number of rotatable bonds is 6. The fourth-order valence-corrected chi connectivity index (χ4v) is 2.15. The fourth-order valence-electron chi connectivity index (χ4n) is 2.15. The highest BCUT2D eigenvalue weighted by molar-refractivity contribution is 5.80. The molecule has 1 heterocycles. The zero-order valence-electron chi connectivity index (χ0n) is 10.9. The summed E-state index contributed by atoms with van der Waals surface area (Å²) < 4.78 is 2.36. The lowest BCUT2D eigenvalue weighted by molar-refractivity contribution is 0.650. The quantitative estimate of drug-likeness (QED) is 0.803. The first-order valence-electron chi connectivity index (χ1n) is 6.63. The van der Waals surface area contributed by atoms with Gasteiger partial charge in [-0.15, -0.1) is 0 Å². The predicted molar refractivity (Wildman–Crippen MR) is 74.2 cm³/mol. The normalized spacial score (nSPS) is 11.2. The van der Waals surface area contributed by atoms with Crippen LogP contribution in [0.15, 0.2) is 30.5 Å². The summed E-state index contributed by atoms with van der Waals surface area (Å²) >= 11 is 0. The topological polar surface area (TPSA) is 17.0 Å². The van der Waals surface area contributed by atoms with Crippen molar-refractivity contribution < 1.29 is 0 Å². The van der Waals surface area contributed by atoms with E-state index in [1.54, 1.807) is 0 Å². The average Bonchev–Trinajstić information content (AvgIpc) is 2.76. The third kappa shape index (κ3) is 2.89. The first-order valence-corrected chi connectivity index (χ1v) is 6.63. The van der Waals surface area contributed by atoms with Crippen molar-refractivity contribution in [2.24, 2.45) is 0 Å². The molecule has 0 aliphatic carbocycles. The maximum Gasteiger partial charge on any atom is 0.0480 e. The SMILES string of the molecule is CCCCn1ccc2cc(CNCC)ccc21. The molecule has 0 unspecified atom stereocenters. The number of fused-ring (bicyclic) bond motifs is 1. The van der Waals surface area contributed by atoms with Gasteiger partial charge in [-0.1, -0.05) is 26.3 Å². The van der Waals surface area contributed by atoms with Crippen molar-refractivity contribution in [2.75, 3.05) is 6.54 Å². The Hall–Kier alpha value is -1.28. The van der Waals surface area contributed by atoms with Crippen LogP contribution in [0.1, 0.15) is 32.3 Å². The van der Waals surface area contributed by atoms with Gasteiger partial charge in [0.1, 0.15) is 0 Å². The molecule has 2 nitrogen and oxygen atoms in total. The lowest BCUT2D eigenvalue weighted by atomic mass is 10.1. The fraction of sp³-hybridized carbons (Fsp3) is 0.467. The summed E-state index contributed by atoms with van der Waals surface area (Å²) in [6, 6.07) is 8.99. The molecule has 1 N–H and O–H groups in total. The van der Waals surface area contributed by atoms with Crippen LogP contribution >= 0.6 is 0 Å². The van der Waals surface area contributed by atoms with Crippen molar-refractivity contribution in [3.63, 3.8) is 0 Å². The molecule has 2 aromatic rings. The van der Waals surface area contributed by atoms with Crippen molar-refractivity contribution in [1.82, 2.24) is 9.88 Å². The highest BCUT2D eigenvalue weighted by atomic mass is 14.9. The van der Waals surface area contributed by atoms with Gasteiger partial charge in [-0.2, -0.15) is 0 Å². The first-order chi connectivity index (χ1) is 8.35. The van der Waals surface area contributed by atoms with E-state index in [-0.39, 0.29) is 0 Å². The molecular weight excluding hydrogens is 208 g/mol. The van der Waals surface area contributed by atoms with Gasteiger partial charge in [-0.25, -0.2) is 0 Å². The van der Waals surface area contributed by atoms with Gasteiger partial charge in [0, 0.05) is 24.8 Å². The molecule has 1 aromatic heterocycles. The Bertz CT molecular complexity index is 471. The molecule has 92 valence electrons. The predicted octanol–water partition coefficient (Wildman–Crippen LogP) is 3.55. The molecule has 1 aromatic carbocycles. The Morgan fingerprint density at radius 2 is 2.06 bits per heavy atom. The van der Waals surface area contributed by atoms with Crippen LogP contribution in [0.2, 0.25) is 0 Å². The number of hydrogen-bond acceptors (Lipinski definition) is 1. The van der Waals surface area contributed by atoms with Crippen LogP contribution < -0.4 is 5.32 Å². The third-order valence-corrected chi connectivity index (χ3v) is 3.17. The largest absolute Gasteiger partial charge is 0.347 e. The zero-order valence-corrected chi connectivity index (χ0v) is 10.9. The molecule has 0 aliphatic rings. The highest BCUT2D eigenvalue weighted by Crippen LogP contribution is 2.18. The van der Waals surface area contributed by atoms with Gasteiger partial charge in [-0.3, -0.25) is 0 Å². The minimum Gasteiger partial charge on any atom is -0.347 e. The van der Waals surface area contributed by atoms with E-state index in [2.05, 4.69) is 54.2 Å². The molecule has 0 amide bonds. The Labute approximate surface area is 104 Å². The molecule has 0 fully saturated rings. The molecule has 0 aliphatic heterocycles. The maximum absolute atomic E-state index is 3.36. The van der Waals surface area contributed by atoms with E-state index in [0.717, 1.165) is 19.6 Å². The maximum atomic E-state index is 3.36. The molecule has 0 saturated carbocycles. The second kappa shape index (κ2) is 5.87. The Morgan fingerprint density at radius 1 is 1.18 bits per heavy atom. The van der Waals surface area contributed by atoms with Crippen LogP contribution in [0.4, 0.5) is 0 Å². The number of nitrogens with one attached hydrogen (secondary N) is 1. The van der Waals surface area contributed by atoms with Gasteiger partial charge < -0.3 is 9.88 Å². The lowest BCUT2D eigenvalue weighted by Gasteiger charge is -2.06. The van der Waals surface area contributed by atoms with Crippen molar-refractivity contribution >= 4 is 10.9 Å². The summed E-state index contributed by atoms with van der Waals surface area (Å²) in [5.74, 6) is 0. The van der Waals surface area contributed by atoms with Crippen molar-refractivity contribution in [2.45, 2.75) is 39.8 Å². The number of hydrogen-bond donors (Lipinski definition) is 1. The molecule has 0 radical (unpaired) electrons. The van der Waals surface area contributed by atoms with E-state index in [9.17, 15) is 0 Å². The van der Waals surface area contributed by atoms with E-state index >= 15 is 0 Å². The van der Waals surface area contributed by atoms with Gasteiger partial charge in [0.15, 0.2) is 0 Å². The van der Waals surface area contributed by atoms with Crippen LogP contribution in [0.3, 0.4) is 0 Å². The summed E-state index contributed by atoms with van der Waals surface area (Å²) in [7, 11) is 0. The van der Waals surface area contributed by atoms with Gasteiger partial charge in [0.05, 0.1) is 0 Å². The number of nitrogens with zero attached hydrogens (tertiary/aromatic N) is 1. The van der Waals surface area contributed by atoms with Crippen LogP contribution in [0.25, 0.3) is 10.9 Å². The zero-order chi connectivity index (χ0) is 12.1. The first kappa shape index (κ1) is 12.2. The van der Waals surface area contributed by atoms with E-state index in [1.165, 1.54) is 29.3 Å². The Morgan fingerprint density at radius 3 is 2.82 bits per heavy atom. The minimum atomic E-state index is 0.965. The van der Waals surface area contributed by atoms with Crippen LogP contribution in [-0.2, 0) is 13.1 Å². The summed E-state index contributed by atoms with van der Waals surface area (Å²) in [5.41, 5.74) is 2.73. The average molecular weight is 230 g/mol. The Kier molecular flexibility index (Phi) is 4.21. The van der Waals surface area contributed by atoms with Crippen molar-refractivity contribution in [3.8, 4) is 0 Å².